The van der Waals surface area contributed by atoms with E-state index in [0.717, 1.165) is 19.3 Å². The van der Waals surface area contributed by atoms with Crippen LogP contribution in [0, 0.1) is 12.3 Å². The summed E-state index contributed by atoms with van der Waals surface area (Å²) in [6.45, 7) is 3.66. The van der Waals surface area contributed by atoms with Gasteiger partial charge in [0.25, 0.3) is 5.91 Å². The zero-order valence-electron chi connectivity index (χ0n) is 12.1. The first-order chi connectivity index (χ1) is 9.60. The zero-order chi connectivity index (χ0) is 14.6. The van der Waals surface area contributed by atoms with Crippen LogP contribution in [-0.2, 0) is 4.74 Å². The van der Waals surface area contributed by atoms with Crippen molar-refractivity contribution >= 4 is 5.91 Å². The maximum atomic E-state index is 12.4. The first-order valence-electron chi connectivity index (χ1n) is 6.93. The molecule has 20 heavy (non-hydrogen) atoms. The summed E-state index contributed by atoms with van der Waals surface area (Å²) in [5.74, 6) is 0.114. The molecule has 0 aliphatic carbocycles. The van der Waals surface area contributed by atoms with Crippen LogP contribution in [-0.4, -0.2) is 54.5 Å². The molecule has 1 amide bonds. The van der Waals surface area contributed by atoms with E-state index in [1.54, 1.807) is 25.0 Å². The van der Waals surface area contributed by atoms with Gasteiger partial charge in [0.1, 0.15) is 0 Å². The standard InChI is InChI=1S/C14H22N2O4/c1-11-8-12(20-15-11)13(18)16-6-3-4-14(9-16,10-17)5-7-19-2/h8,17H,3-7,9-10H2,1-2H3/t14-/m1/s1. The van der Waals surface area contributed by atoms with E-state index in [-0.39, 0.29) is 23.7 Å². The molecule has 1 aromatic rings. The lowest BCUT2D eigenvalue weighted by Crippen LogP contribution is -2.48. The average molecular weight is 282 g/mol. The highest BCUT2D eigenvalue weighted by Gasteiger charge is 2.37. The van der Waals surface area contributed by atoms with Crippen molar-refractivity contribution in [2.45, 2.75) is 26.2 Å². The van der Waals surface area contributed by atoms with Crippen molar-refractivity contribution in [3.8, 4) is 0 Å². The highest BCUT2D eigenvalue weighted by molar-refractivity contribution is 5.91. The average Bonchev–Trinajstić information content (AvgIpc) is 2.91. The molecule has 0 radical (unpaired) electrons. The molecule has 0 saturated carbocycles. The van der Waals surface area contributed by atoms with E-state index in [2.05, 4.69) is 5.16 Å². The maximum Gasteiger partial charge on any atom is 0.292 e. The molecule has 1 fully saturated rings. The van der Waals surface area contributed by atoms with Crippen molar-refractivity contribution in [1.29, 1.82) is 0 Å². The number of ether oxygens (including phenoxy) is 1. The minimum atomic E-state index is -0.265. The summed E-state index contributed by atoms with van der Waals surface area (Å²) < 4.78 is 10.1. The van der Waals surface area contributed by atoms with Crippen molar-refractivity contribution in [3.05, 3.63) is 17.5 Å². The predicted octanol–water partition coefficient (Wildman–Crippen LogP) is 1.23. The van der Waals surface area contributed by atoms with Crippen LogP contribution in [0.1, 0.15) is 35.5 Å². The number of hydrogen-bond donors (Lipinski definition) is 1. The van der Waals surface area contributed by atoms with Gasteiger partial charge in [0, 0.05) is 38.3 Å². The largest absolute Gasteiger partial charge is 0.396 e. The van der Waals surface area contributed by atoms with E-state index < -0.39 is 0 Å². The Bertz CT molecular complexity index is 460. The van der Waals surface area contributed by atoms with Crippen LogP contribution in [0.5, 0.6) is 0 Å². The van der Waals surface area contributed by atoms with Crippen molar-refractivity contribution in [1.82, 2.24) is 10.1 Å². The van der Waals surface area contributed by atoms with E-state index in [9.17, 15) is 9.90 Å². The van der Waals surface area contributed by atoms with Gasteiger partial charge in [-0.3, -0.25) is 4.79 Å². The SMILES string of the molecule is COCC[C@]1(CO)CCCN(C(=O)c2cc(C)no2)C1. The number of likely N-dealkylation sites (tertiary alicyclic amines) is 1. The smallest absolute Gasteiger partial charge is 0.292 e. The Kier molecular flexibility index (Phi) is 4.77. The molecule has 2 rings (SSSR count). The minimum absolute atomic E-state index is 0.0651. The number of aryl methyl sites for hydroxylation is 1. The lowest BCUT2D eigenvalue weighted by atomic mass is 9.78. The number of nitrogens with zero attached hydrogens (tertiary/aromatic N) is 2. The molecular formula is C14H22N2O4. The van der Waals surface area contributed by atoms with Gasteiger partial charge in [0.2, 0.25) is 5.76 Å². The van der Waals surface area contributed by atoms with Gasteiger partial charge in [-0.05, 0) is 26.2 Å². The fraction of sp³-hybridized carbons (Fsp3) is 0.714. The van der Waals surface area contributed by atoms with Crippen molar-refractivity contribution in [2.75, 3.05) is 33.4 Å². The number of carbonyl (C=O) groups is 1. The second-order valence-corrected chi connectivity index (χ2v) is 5.56. The molecule has 0 unspecified atom stereocenters. The van der Waals surface area contributed by atoms with Gasteiger partial charge in [0.05, 0.1) is 12.3 Å². The van der Waals surface area contributed by atoms with Gasteiger partial charge in [-0.2, -0.15) is 0 Å². The molecular weight excluding hydrogens is 260 g/mol. The van der Waals surface area contributed by atoms with Crippen LogP contribution in [0.2, 0.25) is 0 Å². The second-order valence-electron chi connectivity index (χ2n) is 5.56. The number of aliphatic hydroxyl groups is 1. The third-order valence-electron chi connectivity index (χ3n) is 3.96. The molecule has 1 atom stereocenters. The summed E-state index contributed by atoms with van der Waals surface area (Å²) in [7, 11) is 1.65. The molecule has 1 aliphatic rings. The number of rotatable bonds is 5. The lowest BCUT2D eigenvalue weighted by Gasteiger charge is -2.41. The third kappa shape index (κ3) is 3.19. The molecule has 0 bridgehead atoms. The van der Waals surface area contributed by atoms with Crippen LogP contribution in [0.4, 0.5) is 0 Å². The minimum Gasteiger partial charge on any atom is -0.396 e. The second kappa shape index (κ2) is 6.37. The topological polar surface area (TPSA) is 75.8 Å². The fourth-order valence-corrected chi connectivity index (χ4v) is 2.73. The Hall–Kier alpha value is -1.40. The number of amides is 1. The number of hydrogen-bond acceptors (Lipinski definition) is 5. The molecule has 112 valence electrons. The fourth-order valence-electron chi connectivity index (χ4n) is 2.73. The maximum absolute atomic E-state index is 12.4. The summed E-state index contributed by atoms with van der Waals surface area (Å²) in [5, 5.41) is 13.5. The lowest BCUT2D eigenvalue weighted by molar-refractivity contribution is 0.00738. The summed E-state index contributed by atoms with van der Waals surface area (Å²) in [6, 6.07) is 1.65. The van der Waals surface area contributed by atoms with E-state index in [1.807, 2.05) is 0 Å². The quantitative estimate of drug-likeness (QED) is 0.879. The number of methoxy groups -OCH3 is 1. The Morgan fingerprint density at radius 1 is 1.65 bits per heavy atom. The van der Waals surface area contributed by atoms with Crippen LogP contribution in [0.3, 0.4) is 0 Å². The molecule has 0 spiro atoms. The number of carbonyl (C=O) groups excluding carboxylic acids is 1. The summed E-state index contributed by atoms with van der Waals surface area (Å²) in [4.78, 5) is 14.1. The third-order valence-corrected chi connectivity index (χ3v) is 3.96. The van der Waals surface area contributed by atoms with Gasteiger partial charge in [-0.1, -0.05) is 5.16 Å². The molecule has 6 heteroatoms. The summed E-state index contributed by atoms with van der Waals surface area (Å²) in [5.41, 5.74) is 0.428. The molecule has 6 nitrogen and oxygen atoms in total. The van der Waals surface area contributed by atoms with Gasteiger partial charge in [-0.15, -0.1) is 0 Å². The van der Waals surface area contributed by atoms with E-state index >= 15 is 0 Å². The monoisotopic (exact) mass is 282 g/mol. The number of aromatic nitrogens is 1. The van der Waals surface area contributed by atoms with E-state index in [4.69, 9.17) is 9.26 Å². The highest BCUT2D eigenvalue weighted by atomic mass is 16.5. The summed E-state index contributed by atoms with van der Waals surface area (Å²) in [6.07, 6.45) is 2.54. The van der Waals surface area contributed by atoms with Gasteiger partial charge < -0.3 is 19.3 Å². The Morgan fingerprint density at radius 3 is 3.05 bits per heavy atom. The molecule has 0 aromatic carbocycles. The first kappa shape index (κ1) is 15.0. The van der Waals surface area contributed by atoms with Crippen LogP contribution < -0.4 is 0 Å². The molecule has 1 aromatic heterocycles. The Morgan fingerprint density at radius 2 is 2.45 bits per heavy atom. The van der Waals surface area contributed by atoms with Gasteiger partial charge in [-0.25, -0.2) is 0 Å². The normalized spacial score (nSPS) is 23.1. The molecule has 1 saturated heterocycles. The van der Waals surface area contributed by atoms with Crippen LogP contribution >= 0.6 is 0 Å². The van der Waals surface area contributed by atoms with Crippen molar-refractivity contribution in [2.24, 2.45) is 5.41 Å². The zero-order valence-corrected chi connectivity index (χ0v) is 12.1. The van der Waals surface area contributed by atoms with E-state index in [0.29, 0.717) is 25.4 Å². The first-order valence-corrected chi connectivity index (χ1v) is 6.93. The summed E-state index contributed by atoms with van der Waals surface area (Å²) >= 11 is 0. The Labute approximate surface area is 118 Å². The molecule has 2 heterocycles. The molecule has 1 N–H and O–H groups in total. The van der Waals surface area contributed by atoms with Crippen molar-refractivity contribution in [3.63, 3.8) is 0 Å². The predicted molar refractivity (Wildman–Crippen MR) is 72.4 cm³/mol. The van der Waals surface area contributed by atoms with Crippen molar-refractivity contribution < 1.29 is 19.2 Å². The molecule has 1 aliphatic heterocycles. The van der Waals surface area contributed by atoms with Crippen LogP contribution in [0.15, 0.2) is 10.6 Å². The van der Waals surface area contributed by atoms with Gasteiger partial charge >= 0.3 is 0 Å². The highest BCUT2D eigenvalue weighted by Crippen LogP contribution is 2.33. The Balaban J connectivity index is 2.07. The number of piperidine rings is 1. The number of aliphatic hydroxyl groups excluding tert-OH is 1. The van der Waals surface area contributed by atoms with Gasteiger partial charge in [0.15, 0.2) is 0 Å². The van der Waals surface area contributed by atoms with Crippen LogP contribution in [0.25, 0.3) is 0 Å². The van der Waals surface area contributed by atoms with E-state index in [1.165, 1.54) is 0 Å².